The number of hydrogen-bond acceptors (Lipinski definition) is 2. The number of hydrogen-bond donors (Lipinski definition) is 1. The van der Waals surface area contributed by atoms with Crippen molar-refractivity contribution in [3.63, 3.8) is 0 Å². The standard InChI is InChI=1S/C23H28N2.2ClH/c1-2-6-17(5-1)23(25-13-11-24-12-14-25)19-9-10-22-20(16-19)15-18-7-3-4-8-21(18)22;;/h3-4,7-10,16-17,23-24H,1-2,5-6,11-15H2;2*1H/t23-;;/m0../s1. The zero-order valence-electron chi connectivity index (χ0n) is 15.8. The molecule has 146 valence electrons. The highest BCUT2D eigenvalue weighted by Gasteiger charge is 2.32. The number of nitrogens with one attached hydrogen (secondary N) is 1. The van der Waals surface area contributed by atoms with Gasteiger partial charge in [0.15, 0.2) is 0 Å². The molecule has 0 spiro atoms. The van der Waals surface area contributed by atoms with Gasteiger partial charge in [-0.15, -0.1) is 24.8 Å². The Hall–Kier alpha value is -1.06. The van der Waals surface area contributed by atoms with E-state index in [1.165, 1.54) is 61.0 Å². The Bertz CT molecular complexity index is 765. The molecule has 2 nitrogen and oxygen atoms in total. The number of piperazine rings is 1. The number of benzene rings is 2. The van der Waals surface area contributed by atoms with Gasteiger partial charge in [-0.05, 0) is 53.0 Å². The first-order chi connectivity index (χ1) is 12.4. The minimum atomic E-state index is 0. The van der Waals surface area contributed by atoms with Crippen LogP contribution in [-0.4, -0.2) is 31.1 Å². The summed E-state index contributed by atoms with van der Waals surface area (Å²) < 4.78 is 0. The number of fused-ring (bicyclic) bond motifs is 3. The Labute approximate surface area is 175 Å². The smallest absolute Gasteiger partial charge is 0.0377 e. The zero-order valence-corrected chi connectivity index (χ0v) is 17.5. The molecule has 0 bridgehead atoms. The average Bonchev–Trinajstić information content (AvgIpc) is 3.30. The van der Waals surface area contributed by atoms with E-state index in [1.807, 2.05) is 0 Å². The minimum absolute atomic E-state index is 0. The summed E-state index contributed by atoms with van der Waals surface area (Å²) in [5.74, 6) is 0.847. The fourth-order valence-electron chi connectivity index (χ4n) is 5.36. The van der Waals surface area contributed by atoms with Crippen molar-refractivity contribution in [3.8, 4) is 11.1 Å². The topological polar surface area (TPSA) is 15.3 Å². The van der Waals surface area contributed by atoms with Crippen LogP contribution < -0.4 is 5.32 Å². The van der Waals surface area contributed by atoms with E-state index in [0.717, 1.165) is 25.4 Å². The predicted molar refractivity (Wildman–Crippen MR) is 118 cm³/mol. The summed E-state index contributed by atoms with van der Waals surface area (Å²) in [4.78, 5) is 2.76. The Morgan fingerprint density at radius 2 is 1.56 bits per heavy atom. The van der Waals surface area contributed by atoms with Crippen LogP contribution in [0.25, 0.3) is 11.1 Å². The highest BCUT2D eigenvalue weighted by atomic mass is 35.5. The largest absolute Gasteiger partial charge is 0.314 e. The molecule has 1 heterocycles. The van der Waals surface area contributed by atoms with E-state index >= 15 is 0 Å². The molecule has 0 amide bonds. The first-order valence-corrected chi connectivity index (χ1v) is 10.1. The van der Waals surface area contributed by atoms with E-state index in [-0.39, 0.29) is 24.8 Å². The van der Waals surface area contributed by atoms with Crippen LogP contribution in [0.1, 0.15) is 48.4 Å². The summed E-state index contributed by atoms with van der Waals surface area (Å²) in [6.07, 6.45) is 6.77. The second-order valence-corrected chi connectivity index (χ2v) is 8.03. The third kappa shape index (κ3) is 3.91. The van der Waals surface area contributed by atoms with Gasteiger partial charge >= 0.3 is 0 Å². The fourth-order valence-corrected chi connectivity index (χ4v) is 5.36. The normalized spacial score (nSPS) is 20.3. The molecule has 2 aromatic carbocycles. The van der Waals surface area contributed by atoms with Gasteiger partial charge in [0.1, 0.15) is 0 Å². The van der Waals surface area contributed by atoms with Crippen molar-refractivity contribution in [3.05, 3.63) is 59.2 Å². The third-order valence-electron chi connectivity index (χ3n) is 6.55. The number of nitrogens with zero attached hydrogens (tertiary/aromatic N) is 1. The van der Waals surface area contributed by atoms with Crippen molar-refractivity contribution in [1.82, 2.24) is 10.2 Å². The summed E-state index contributed by atoms with van der Waals surface area (Å²) in [5.41, 5.74) is 7.51. The van der Waals surface area contributed by atoms with Crippen molar-refractivity contribution in [1.29, 1.82) is 0 Å². The molecule has 1 N–H and O–H groups in total. The molecule has 2 aliphatic carbocycles. The molecule has 3 aliphatic rings. The van der Waals surface area contributed by atoms with Crippen LogP contribution in [0.3, 0.4) is 0 Å². The van der Waals surface area contributed by atoms with Crippen molar-refractivity contribution in [2.45, 2.75) is 38.1 Å². The lowest BCUT2D eigenvalue weighted by atomic mass is 9.88. The highest BCUT2D eigenvalue weighted by Crippen LogP contribution is 2.43. The van der Waals surface area contributed by atoms with Crippen molar-refractivity contribution in [2.75, 3.05) is 26.2 Å². The summed E-state index contributed by atoms with van der Waals surface area (Å²) in [5, 5.41) is 3.52. The van der Waals surface area contributed by atoms with Gasteiger partial charge < -0.3 is 5.32 Å². The first kappa shape index (κ1) is 20.7. The van der Waals surface area contributed by atoms with Crippen LogP contribution in [-0.2, 0) is 6.42 Å². The maximum absolute atomic E-state index is 3.52. The summed E-state index contributed by atoms with van der Waals surface area (Å²) in [6.45, 7) is 4.66. The van der Waals surface area contributed by atoms with Gasteiger partial charge in [0.25, 0.3) is 0 Å². The van der Waals surface area contributed by atoms with E-state index in [1.54, 1.807) is 5.56 Å². The molecule has 27 heavy (non-hydrogen) atoms. The molecule has 5 rings (SSSR count). The fraction of sp³-hybridized carbons (Fsp3) is 0.478. The van der Waals surface area contributed by atoms with E-state index in [2.05, 4.69) is 52.7 Å². The minimum Gasteiger partial charge on any atom is -0.314 e. The van der Waals surface area contributed by atoms with Gasteiger partial charge in [0.2, 0.25) is 0 Å². The van der Waals surface area contributed by atoms with Gasteiger partial charge in [0.05, 0.1) is 0 Å². The maximum atomic E-state index is 3.52. The lowest BCUT2D eigenvalue weighted by Crippen LogP contribution is -2.46. The maximum Gasteiger partial charge on any atom is 0.0377 e. The molecule has 2 aromatic rings. The molecular formula is C23H30Cl2N2. The van der Waals surface area contributed by atoms with Crippen LogP contribution in [0, 0.1) is 5.92 Å². The van der Waals surface area contributed by atoms with E-state index < -0.39 is 0 Å². The van der Waals surface area contributed by atoms with E-state index in [4.69, 9.17) is 0 Å². The quantitative estimate of drug-likeness (QED) is 0.641. The number of halogens is 2. The molecular weight excluding hydrogens is 375 g/mol. The molecule has 1 saturated carbocycles. The van der Waals surface area contributed by atoms with Crippen LogP contribution in [0.2, 0.25) is 0 Å². The summed E-state index contributed by atoms with van der Waals surface area (Å²) >= 11 is 0. The van der Waals surface area contributed by atoms with E-state index in [0.29, 0.717) is 6.04 Å². The first-order valence-electron chi connectivity index (χ1n) is 10.1. The summed E-state index contributed by atoms with van der Waals surface area (Å²) in [6, 6.07) is 16.9. The van der Waals surface area contributed by atoms with Gasteiger partial charge in [-0.2, -0.15) is 0 Å². The molecule has 0 aromatic heterocycles. The van der Waals surface area contributed by atoms with Gasteiger partial charge in [-0.25, -0.2) is 0 Å². The van der Waals surface area contributed by atoms with Crippen LogP contribution >= 0.6 is 24.8 Å². The highest BCUT2D eigenvalue weighted by molar-refractivity contribution is 5.85. The second-order valence-electron chi connectivity index (χ2n) is 8.03. The van der Waals surface area contributed by atoms with Crippen LogP contribution in [0.5, 0.6) is 0 Å². The van der Waals surface area contributed by atoms with Crippen LogP contribution in [0.15, 0.2) is 42.5 Å². The Morgan fingerprint density at radius 3 is 2.33 bits per heavy atom. The SMILES string of the molecule is Cl.Cl.c1ccc2c(c1)Cc1cc([C@H](C3CCCC3)N3CCNCC3)ccc1-2. The third-order valence-corrected chi connectivity index (χ3v) is 6.55. The Kier molecular flexibility index (Phi) is 6.86. The van der Waals surface area contributed by atoms with Crippen molar-refractivity contribution >= 4 is 24.8 Å². The molecule has 1 atom stereocenters. The van der Waals surface area contributed by atoms with Gasteiger partial charge in [-0.1, -0.05) is 55.3 Å². The molecule has 1 saturated heterocycles. The predicted octanol–water partition coefficient (Wildman–Crippen LogP) is 5.24. The average molecular weight is 405 g/mol. The second kappa shape index (κ2) is 8.96. The van der Waals surface area contributed by atoms with E-state index in [9.17, 15) is 0 Å². The Morgan fingerprint density at radius 1 is 0.852 bits per heavy atom. The summed E-state index contributed by atoms with van der Waals surface area (Å²) in [7, 11) is 0. The molecule has 0 unspecified atom stereocenters. The van der Waals surface area contributed by atoms with Crippen molar-refractivity contribution < 1.29 is 0 Å². The van der Waals surface area contributed by atoms with Gasteiger partial charge in [-0.3, -0.25) is 4.90 Å². The molecule has 0 radical (unpaired) electrons. The Balaban J connectivity index is 0.00000105. The molecule has 1 aliphatic heterocycles. The zero-order chi connectivity index (χ0) is 16.6. The molecule has 2 fully saturated rings. The molecule has 4 heteroatoms. The number of rotatable bonds is 3. The van der Waals surface area contributed by atoms with Crippen molar-refractivity contribution in [2.24, 2.45) is 5.92 Å². The monoisotopic (exact) mass is 404 g/mol. The van der Waals surface area contributed by atoms with Gasteiger partial charge in [0, 0.05) is 32.2 Å². The lowest BCUT2D eigenvalue weighted by Gasteiger charge is -2.39. The van der Waals surface area contributed by atoms with Crippen LogP contribution in [0.4, 0.5) is 0 Å². The lowest BCUT2D eigenvalue weighted by molar-refractivity contribution is 0.125.